The molecule has 0 fully saturated rings. The largest absolute Gasteiger partial charge is 0.328 e. The summed E-state index contributed by atoms with van der Waals surface area (Å²) in [5, 5.41) is 5.23. The first-order chi connectivity index (χ1) is 7.27. The lowest BCUT2D eigenvalue weighted by molar-refractivity contribution is -0.116. The number of rotatable bonds is 1. The van der Waals surface area contributed by atoms with E-state index < -0.39 is 0 Å². The van der Waals surface area contributed by atoms with Crippen LogP contribution in [-0.2, 0) is 9.59 Å². The fourth-order valence-corrected chi connectivity index (χ4v) is 2.31. The molecular formula is C10H6N2O2S. The van der Waals surface area contributed by atoms with Crippen molar-refractivity contribution in [2.45, 2.75) is 0 Å². The van der Waals surface area contributed by atoms with Gasteiger partial charge < -0.3 is 5.32 Å². The highest BCUT2D eigenvalue weighted by molar-refractivity contribution is 7.14. The predicted octanol–water partition coefficient (Wildman–Crippen LogP) is 0.992. The number of nitrogens with one attached hydrogen (secondary N) is 1. The van der Waals surface area contributed by atoms with Crippen molar-refractivity contribution in [1.82, 2.24) is 5.32 Å². The van der Waals surface area contributed by atoms with E-state index in [9.17, 15) is 9.59 Å². The smallest absolute Gasteiger partial charge is 0.265 e. The van der Waals surface area contributed by atoms with Gasteiger partial charge in [0.1, 0.15) is 5.00 Å². The van der Waals surface area contributed by atoms with Crippen molar-refractivity contribution in [3.05, 3.63) is 41.1 Å². The maximum Gasteiger partial charge on any atom is 0.265 e. The Hall–Kier alpha value is -1.88. The molecule has 0 saturated carbocycles. The average molecular weight is 218 g/mol. The average Bonchev–Trinajstić information content (AvgIpc) is 2.87. The first kappa shape index (κ1) is 8.43. The molecule has 1 aromatic heterocycles. The Labute approximate surface area is 89.5 Å². The van der Waals surface area contributed by atoms with Crippen LogP contribution in [0.4, 0.5) is 5.00 Å². The Balaban J connectivity index is 2.06. The standard InChI is InChI=1S/C10H6N2O2S/c13-9-7-5-12(8-2-1-3-15-8)10(14)6(7)4-11-9/h1-5H,(H,11,13). The van der Waals surface area contributed by atoms with Crippen LogP contribution in [0.2, 0.25) is 0 Å². The van der Waals surface area contributed by atoms with Gasteiger partial charge in [0, 0.05) is 12.4 Å². The lowest BCUT2D eigenvalue weighted by atomic mass is 10.2. The van der Waals surface area contributed by atoms with Gasteiger partial charge in [0.15, 0.2) is 0 Å². The SMILES string of the molecule is O=C1NC=C2C(=O)N(c3cccs3)C=C12. The molecule has 5 heteroatoms. The number of carbonyl (C=O) groups excluding carboxylic acids is 2. The summed E-state index contributed by atoms with van der Waals surface area (Å²) in [5.41, 5.74) is 0.904. The lowest BCUT2D eigenvalue weighted by Gasteiger charge is -2.09. The maximum atomic E-state index is 11.9. The monoisotopic (exact) mass is 218 g/mol. The van der Waals surface area contributed by atoms with Crippen LogP contribution in [0.5, 0.6) is 0 Å². The van der Waals surface area contributed by atoms with Crippen LogP contribution in [0.1, 0.15) is 0 Å². The molecule has 1 aromatic rings. The van der Waals surface area contributed by atoms with Crippen molar-refractivity contribution in [2.24, 2.45) is 0 Å². The fraction of sp³-hybridized carbons (Fsp3) is 0. The van der Waals surface area contributed by atoms with Crippen molar-refractivity contribution >= 4 is 28.2 Å². The molecular weight excluding hydrogens is 212 g/mol. The molecule has 0 radical (unpaired) electrons. The molecule has 0 atom stereocenters. The Morgan fingerprint density at radius 3 is 2.80 bits per heavy atom. The minimum absolute atomic E-state index is 0.147. The normalized spacial score (nSPS) is 18.8. The van der Waals surface area contributed by atoms with Gasteiger partial charge in [-0.25, -0.2) is 0 Å². The number of amides is 2. The second-order valence-electron chi connectivity index (χ2n) is 3.20. The molecule has 15 heavy (non-hydrogen) atoms. The van der Waals surface area contributed by atoms with Gasteiger partial charge in [-0.1, -0.05) is 0 Å². The Morgan fingerprint density at radius 1 is 1.27 bits per heavy atom. The lowest BCUT2D eigenvalue weighted by Crippen LogP contribution is -2.20. The van der Waals surface area contributed by atoms with Crippen LogP contribution in [0.15, 0.2) is 41.1 Å². The quantitative estimate of drug-likeness (QED) is 0.764. The molecule has 4 nitrogen and oxygen atoms in total. The second-order valence-corrected chi connectivity index (χ2v) is 4.13. The van der Waals surface area contributed by atoms with Crippen molar-refractivity contribution in [3.8, 4) is 0 Å². The summed E-state index contributed by atoms with van der Waals surface area (Å²) in [7, 11) is 0. The summed E-state index contributed by atoms with van der Waals surface area (Å²) in [6.45, 7) is 0. The number of carbonyl (C=O) groups is 2. The molecule has 0 aliphatic carbocycles. The zero-order chi connectivity index (χ0) is 10.4. The summed E-state index contributed by atoms with van der Waals surface area (Å²) in [5.74, 6) is -0.358. The molecule has 3 rings (SSSR count). The Bertz CT molecular complexity index is 514. The Morgan fingerprint density at radius 2 is 2.13 bits per heavy atom. The summed E-state index contributed by atoms with van der Waals surface area (Å²) in [4.78, 5) is 24.7. The van der Waals surface area contributed by atoms with Gasteiger partial charge in [0.05, 0.1) is 11.1 Å². The molecule has 2 aliphatic rings. The van der Waals surface area contributed by atoms with Gasteiger partial charge in [-0.3, -0.25) is 14.5 Å². The third kappa shape index (κ3) is 1.07. The maximum absolute atomic E-state index is 11.9. The van der Waals surface area contributed by atoms with E-state index in [1.54, 1.807) is 6.20 Å². The van der Waals surface area contributed by atoms with Crippen molar-refractivity contribution in [3.63, 3.8) is 0 Å². The fourth-order valence-electron chi connectivity index (χ4n) is 1.61. The molecule has 1 N–H and O–H groups in total. The molecule has 0 aromatic carbocycles. The van der Waals surface area contributed by atoms with E-state index in [1.165, 1.54) is 22.4 Å². The number of nitrogens with zero attached hydrogens (tertiary/aromatic N) is 1. The van der Waals surface area contributed by atoms with E-state index in [2.05, 4.69) is 5.32 Å². The molecule has 0 unspecified atom stereocenters. The topological polar surface area (TPSA) is 49.4 Å². The highest BCUT2D eigenvalue weighted by Crippen LogP contribution is 2.32. The Kier molecular flexibility index (Phi) is 1.58. The van der Waals surface area contributed by atoms with E-state index in [4.69, 9.17) is 0 Å². The molecule has 2 aliphatic heterocycles. The minimum Gasteiger partial charge on any atom is -0.328 e. The highest BCUT2D eigenvalue weighted by atomic mass is 32.1. The van der Waals surface area contributed by atoms with Crippen LogP contribution in [0.3, 0.4) is 0 Å². The molecule has 0 saturated heterocycles. The highest BCUT2D eigenvalue weighted by Gasteiger charge is 2.36. The van der Waals surface area contributed by atoms with Crippen molar-refractivity contribution in [2.75, 3.05) is 4.90 Å². The number of hydrogen-bond donors (Lipinski definition) is 1. The van der Waals surface area contributed by atoms with Crippen LogP contribution in [0, 0.1) is 0 Å². The van der Waals surface area contributed by atoms with Gasteiger partial charge >= 0.3 is 0 Å². The summed E-state index contributed by atoms with van der Waals surface area (Å²) < 4.78 is 0. The van der Waals surface area contributed by atoms with Crippen molar-refractivity contribution < 1.29 is 9.59 Å². The van der Waals surface area contributed by atoms with Gasteiger partial charge in [-0.2, -0.15) is 0 Å². The third-order valence-corrected chi connectivity index (χ3v) is 3.20. The van der Waals surface area contributed by atoms with E-state index in [-0.39, 0.29) is 11.8 Å². The second kappa shape index (κ2) is 2.80. The van der Waals surface area contributed by atoms with E-state index in [1.807, 2.05) is 17.5 Å². The van der Waals surface area contributed by atoms with Gasteiger partial charge in [-0.15, -0.1) is 11.3 Å². The summed E-state index contributed by atoms with van der Waals surface area (Å²) >= 11 is 1.47. The minimum atomic E-state index is -0.211. The number of thiophene rings is 1. The van der Waals surface area contributed by atoms with Gasteiger partial charge in [-0.05, 0) is 17.5 Å². The number of hydrogen-bond acceptors (Lipinski definition) is 3. The number of fused-ring (bicyclic) bond motifs is 1. The van der Waals surface area contributed by atoms with Gasteiger partial charge in [0.25, 0.3) is 11.8 Å². The summed E-state index contributed by atoms with van der Waals surface area (Å²) in [6.07, 6.45) is 3.05. The van der Waals surface area contributed by atoms with Crippen molar-refractivity contribution in [1.29, 1.82) is 0 Å². The van der Waals surface area contributed by atoms with E-state index in [0.29, 0.717) is 11.1 Å². The van der Waals surface area contributed by atoms with Gasteiger partial charge in [0.2, 0.25) is 0 Å². The predicted molar refractivity (Wildman–Crippen MR) is 56.1 cm³/mol. The van der Waals surface area contributed by atoms with Crippen LogP contribution >= 0.6 is 11.3 Å². The molecule has 3 heterocycles. The van der Waals surface area contributed by atoms with E-state index in [0.717, 1.165) is 5.00 Å². The number of anilines is 1. The van der Waals surface area contributed by atoms with Crippen LogP contribution in [0.25, 0.3) is 0 Å². The summed E-state index contributed by atoms with van der Waals surface area (Å²) in [6, 6.07) is 3.72. The van der Waals surface area contributed by atoms with E-state index >= 15 is 0 Å². The molecule has 0 bridgehead atoms. The first-order valence-corrected chi connectivity index (χ1v) is 5.25. The zero-order valence-electron chi connectivity index (χ0n) is 7.56. The van der Waals surface area contributed by atoms with Crippen LogP contribution in [-0.4, -0.2) is 11.8 Å². The molecule has 74 valence electrons. The molecule has 0 spiro atoms. The zero-order valence-corrected chi connectivity index (χ0v) is 8.38. The van der Waals surface area contributed by atoms with Crippen LogP contribution < -0.4 is 10.2 Å². The first-order valence-electron chi connectivity index (χ1n) is 4.37. The third-order valence-electron chi connectivity index (χ3n) is 2.33. The molecule has 2 amide bonds.